The van der Waals surface area contributed by atoms with Crippen LogP contribution in [0.25, 0.3) is 10.9 Å². The maximum Gasteiger partial charge on any atom is 0.161 e. The van der Waals surface area contributed by atoms with E-state index in [9.17, 15) is 4.79 Å². The molecule has 0 spiro atoms. The number of hydrogen-bond acceptors (Lipinski definition) is 4. The average Bonchev–Trinajstić information content (AvgIpc) is 3.05. The number of rotatable bonds is 4. The van der Waals surface area contributed by atoms with Crippen LogP contribution in [-0.4, -0.2) is 34.3 Å². The van der Waals surface area contributed by atoms with Gasteiger partial charge in [-0.3, -0.25) is 9.48 Å². The number of Topliss-reactive ketones (excluding diaryl/α,β-unsaturated/α-hetero) is 1. The van der Waals surface area contributed by atoms with E-state index in [1.54, 1.807) is 0 Å². The van der Waals surface area contributed by atoms with Crippen LogP contribution in [0.1, 0.15) is 19.0 Å². The summed E-state index contributed by atoms with van der Waals surface area (Å²) >= 11 is 0. The van der Waals surface area contributed by atoms with Crippen LogP contribution in [0.4, 0.5) is 0 Å². The van der Waals surface area contributed by atoms with Crippen molar-refractivity contribution in [3.05, 3.63) is 30.0 Å². The first-order valence-corrected chi connectivity index (χ1v) is 6.98. The molecule has 1 aromatic heterocycles. The largest absolute Gasteiger partial charge is 0.379 e. The molecule has 2 aromatic rings. The molecule has 20 heavy (non-hydrogen) atoms. The highest BCUT2D eigenvalue weighted by Crippen LogP contribution is 2.23. The molecule has 5 nitrogen and oxygen atoms in total. The van der Waals surface area contributed by atoms with Gasteiger partial charge in [0.2, 0.25) is 0 Å². The van der Waals surface area contributed by atoms with E-state index in [1.807, 2.05) is 35.9 Å². The maximum absolute atomic E-state index is 12.4. The molecule has 0 bridgehead atoms. The second kappa shape index (κ2) is 5.00. The third-order valence-electron chi connectivity index (χ3n) is 3.97. The van der Waals surface area contributed by atoms with E-state index in [0.717, 1.165) is 23.1 Å². The van der Waals surface area contributed by atoms with Crippen molar-refractivity contribution in [1.82, 2.24) is 9.78 Å². The van der Waals surface area contributed by atoms with Crippen LogP contribution >= 0.6 is 0 Å². The van der Waals surface area contributed by atoms with Gasteiger partial charge in [0.1, 0.15) is 5.54 Å². The van der Waals surface area contributed by atoms with Gasteiger partial charge in [-0.15, -0.1) is 0 Å². The van der Waals surface area contributed by atoms with E-state index >= 15 is 0 Å². The van der Waals surface area contributed by atoms with Crippen molar-refractivity contribution < 1.29 is 9.53 Å². The number of hydrogen-bond donors (Lipinski definition) is 1. The van der Waals surface area contributed by atoms with Crippen LogP contribution in [0, 0.1) is 0 Å². The number of aryl methyl sites for hydroxylation is 1. The van der Waals surface area contributed by atoms with Gasteiger partial charge in [0.25, 0.3) is 0 Å². The molecule has 0 radical (unpaired) electrons. The first-order valence-electron chi connectivity index (χ1n) is 6.98. The summed E-state index contributed by atoms with van der Waals surface area (Å²) in [5, 5.41) is 5.58. The fraction of sp³-hybridized carbons (Fsp3) is 0.467. The number of nitrogens with two attached hydrogens (primary N) is 1. The first kappa shape index (κ1) is 13.3. The Bertz CT molecular complexity index is 642. The Hall–Kier alpha value is -1.72. The Morgan fingerprint density at radius 2 is 2.30 bits per heavy atom. The standard InChI is InChI=1S/C15H19N3O2/c1-2-18-13-6-4-3-5-11(13)12(17-18)9-14(19)15(16)7-8-20-10-15/h3-6H,2,7-10,16H2,1H3. The Balaban J connectivity index is 1.93. The summed E-state index contributed by atoms with van der Waals surface area (Å²) in [6, 6.07) is 7.98. The number of fused-ring (bicyclic) bond motifs is 1. The fourth-order valence-corrected chi connectivity index (χ4v) is 2.70. The number of ketones is 1. The van der Waals surface area contributed by atoms with Gasteiger partial charge in [-0.1, -0.05) is 18.2 Å². The Morgan fingerprint density at radius 1 is 1.50 bits per heavy atom. The molecule has 2 heterocycles. The highest BCUT2D eigenvalue weighted by Gasteiger charge is 2.38. The van der Waals surface area contributed by atoms with Crippen LogP contribution < -0.4 is 5.73 Å². The molecule has 1 unspecified atom stereocenters. The molecule has 1 aromatic carbocycles. The van der Waals surface area contributed by atoms with Gasteiger partial charge in [-0.2, -0.15) is 5.10 Å². The van der Waals surface area contributed by atoms with Crippen molar-refractivity contribution in [3.8, 4) is 0 Å². The topological polar surface area (TPSA) is 70.1 Å². The van der Waals surface area contributed by atoms with Crippen molar-refractivity contribution in [2.75, 3.05) is 13.2 Å². The quantitative estimate of drug-likeness (QED) is 0.911. The van der Waals surface area contributed by atoms with E-state index in [2.05, 4.69) is 5.10 Å². The van der Waals surface area contributed by atoms with Crippen LogP contribution in [0.2, 0.25) is 0 Å². The van der Waals surface area contributed by atoms with Crippen molar-refractivity contribution in [1.29, 1.82) is 0 Å². The highest BCUT2D eigenvalue weighted by atomic mass is 16.5. The predicted molar refractivity (Wildman–Crippen MR) is 76.5 cm³/mol. The lowest BCUT2D eigenvalue weighted by Crippen LogP contribution is -2.49. The summed E-state index contributed by atoms with van der Waals surface area (Å²) < 4.78 is 7.18. The SMILES string of the molecule is CCn1nc(CC(=O)C2(N)CCOC2)c2ccccc21. The van der Waals surface area contributed by atoms with Crippen molar-refractivity contribution in [2.45, 2.75) is 31.8 Å². The minimum Gasteiger partial charge on any atom is -0.379 e. The molecular weight excluding hydrogens is 254 g/mol. The van der Waals surface area contributed by atoms with E-state index in [0.29, 0.717) is 19.6 Å². The molecular formula is C15H19N3O2. The van der Waals surface area contributed by atoms with Gasteiger partial charge in [-0.25, -0.2) is 0 Å². The van der Waals surface area contributed by atoms with Gasteiger partial charge in [0, 0.05) is 18.5 Å². The van der Waals surface area contributed by atoms with Crippen LogP contribution in [0.15, 0.2) is 24.3 Å². The number of ether oxygens (including phenoxy) is 1. The number of nitrogens with zero attached hydrogens (tertiary/aromatic N) is 2. The van der Waals surface area contributed by atoms with Gasteiger partial charge in [0.15, 0.2) is 5.78 Å². The molecule has 106 valence electrons. The second-order valence-electron chi connectivity index (χ2n) is 5.34. The molecule has 5 heteroatoms. The molecule has 0 aliphatic carbocycles. The van der Waals surface area contributed by atoms with Gasteiger partial charge < -0.3 is 10.5 Å². The lowest BCUT2D eigenvalue weighted by molar-refractivity contribution is -0.123. The third-order valence-corrected chi connectivity index (χ3v) is 3.97. The number of para-hydroxylation sites is 1. The zero-order chi connectivity index (χ0) is 14.2. The van der Waals surface area contributed by atoms with Crippen LogP contribution in [0.3, 0.4) is 0 Å². The second-order valence-corrected chi connectivity index (χ2v) is 5.34. The molecule has 0 saturated carbocycles. The molecule has 1 aliphatic rings. The summed E-state index contributed by atoms with van der Waals surface area (Å²) in [5.74, 6) is 0.0153. The van der Waals surface area contributed by atoms with E-state index < -0.39 is 5.54 Å². The summed E-state index contributed by atoms with van der Waals surface area (Å²) in [6.07, 6.45) is 0.867. The Morgan fingerprint density at radius 3 is 3.00 bits per heavy atom. The molecule has 0 amide bonds. The normalized spacial score (nSPS) is 22.5. The van der Waals surface area contributed by atoms with E-state index in [-0.39, 0.29) is 12.2 Å². The van der Waals surface area contributed by atoms with Gasteiger partial charge in [-0.05, 0) is 19.4 Å². The molecule has 2 N–H and O–H groups in total. The zero-order valence-electron chi connectivity index (χ0n) is 11.6. The maximum atomic E-state index is 12.4. The van der Waals surface area contributed by atoms with Crippen LogP contribution in [-0.2, 0) is 22.5 Å². The summed E-state index contributed by atoms with van der Waals surface area (Å²) in [5.41, 5.74) is 7.16. The summed E-state index contributed by atoms with van der Waals surface area (Å²) in [4.78, 5) is 12.4. The number of carbonyl (C=O) groups excluding carboxylic acids is 1. The minimum absolute atomic E-state index is 0.0153. The van der Waals surface area contributed by atoms with Crippen molar-refractivity contribution >= 4 is 16.7 Å². The zero-order valence-corrected chi connectivity index (χ0v) is 11.6. The monoisotopic (exact) mass is 273 g/mol. The molecule has 1 fully saturated rings. The van der Waals surface area contributed by atoms with Gasteiger partial charge >= 0.3 is 0 Å². The average molecular weight is 273 g/mol. The molecule has 1 aliphatic heterocycles. The summed E-state index contributed by atoms with van der Waals surface area (Å²) in [6.45, 7) is 3.70. The van der Waals surface area contributed by atoms with Crippen molar-refractivity contribution in [3.63, 3.8) is 0 Å². The third kappa shape index (κ3) is 2.13. The molecule has 3 rings (SSSR count). The minimum atomic E-state index is -0.836. The predicted octanol–water partition coefficient (Wildman–Crippen LogP) is 1.29. The smallest absolute Gasteiger partial charge is 0.161 e. The Labute approximate surface area is 117 Å². The fourth-order valence-electron chi connectivity index (χ4n) is 2.70. The first-order chi connectivity index (χ1) is 9.64. The van der Waals surface area contributed by atoms with Crippen molar-refractivity contribution in [2.24, 2.45) is 5.73 Å². The van der Waals surface area contributed by atoms with E-state index in [4.69, 9.17) is 10.5 Å². The van der Waals surface area contributed by atoms with E-state index in [1.165, 1.54) is 0 Å². The summed E-state index contributed by atoms with van der Waals surface area (Å²) in [7, 11) is 0. The number of benzene rings is 1. The van der Waals surface area contributed by atoms with Crippen LogP contribution in [0.5, 0.6) is 0 Å². The number of aromatic nitrogens is 2. The Kier molecular flexibility index (Phi) is 3.31. The van der Waals surface area contributed by atoms with Gasteiger partial charge in [0.05, 0.1) is 24.2 Å². The molecule has 1 saturated heterocycles. The highest BCUT2D eigenvalue weighted by molar-refractivity contribution is 5.93. The lowest BCUT2D eigenvalue weighted by Gasteiger charge is -2.19. The number of carbonyl (C=O) groups is 1. The molecule has 1 atom stereocenters. The lowest BCUT2D eigenvalue weighted by atomic mass is 9.91.